The number of aryl methyl sites for hydroxylation is 1. The number of carboxylic acid groups (broad SMARTS) is 1. The van der Waals surface area contributed by atoms with Crippen molar-refractivity contribution in [1.29, 1.82) is 0 Å². The molecule has 0 unspecified atom stereocenters. The molecule has 2 aliphatic heterocycles. The third-order valence-corrected chi connectivity index (χ3v) is 9.85. The monoisotopic (exact) mass is 640 g/mol. The van der Waals surface area contributed by atoms with Crippen LogP contribution in [0.15, 0.2) is 61.2 Å². The number of hydrogen-bond donors (Lipinski definition) is 1. The Labute approximate surface area is 270 Å². The van der Waals surface area contributed by atoms with Gasteiger partial charge in [-0.1, -0.05) is 23.7 Å². The van der Waals surface area contributed by atoms with Gasteiger partial charge in [-0.2, -0.15) is 0 Å². The Morgan fingerprint density at radius 1 is 1.13 bits per heavy atom. The van der Waals surface area contributed by atoms with Gasteiger partial charge in [-0.15, -0.1) is 0 Å². The van der Waals surface area contributed by atoms with Gasteiger partial charge in [-0.05, 0) is 55.0 Å². The molecule has 0 spiro atoms. The normalized spacial score (nSPS) is 23.2. The van der Waals surface area contributed by atoms with Crippen LogP contribution < -0.4 is 14.2 Å². The maximum atomic E-state index is 12.0. The van der Waals surface area contributed by atoms with Crippen molar-refractivity contribution in [2.75, 3.05) is 20.2 Å². The van der Waals surface area contributed by atoms with Crippen LogP contribution in [0.3, 0.4) is 0 Å². The van der Waals surface area contributed by atoms with E-state index in [0.717, 1.165) is 48.2 Å². The number of ether oxygens (including phenoxy) is 3. The van der Waals surface area contributed by atoms with E-state index in [1.807, 2.05) is 37.6 Å². The van der Waals surface area contributed by atoms with Gasteiger partial charge in [0.15, 0.2) is 11.5 Å². The molecule has 46 heavy (non-hydrogen) atoms. The van der Waals surface area contributed by atoms with E-state index in [1.54, 1.807) is 25.4 Å². The number of benzene rings is 2. The number of rotatable bonds is 9. The maximum absolute atomic E-state index is 12.0. The number of aromatic nitrogens is 5. The van der Waals surface area contributed by atoms with Gasteiger partial charge in [0.25, 0.3) is 5.79 Å². The zero-order chi connectivity index (χ0) is 31.7. The van der Waals surface area contributed by atoms with Crippen LogP contribution in [-0.4, -0.2) is 60.3 Å². The molecule has 12 heteroatoms. The number of carbonyl (C=O) groups is 1. The van der Waals surface area contributed by atoms with Gasteiger partial charge in [-0.25, -0.2) is 14.8 Å². The number of halogens is 1. The van der Waals surface area contributed by atoms with Gasteiger partial charge < -0.3 is 28.5 Å². The summed E-state index contributed by atoms with van der Waals surface area (Å²) in [5, 5.41) is 10.4. The van der Waals surface area contributed by atoms with Gasteiger partial charge in [0.1, 0.15) is 22.8 Å². The van der Waals surface area contributed by atoms with Crippen molar-refractivity contribution in [2.24, 2.45) is 11.8 Å². The van der Waals surface area contributed by atoms with E-state index in [9.17, 15) is 9.90 Å². The molecule has 3 aliphatic rings. The lowest BCUT2D eigenvalue weighted by molar-refractivity contribution is -0.0721. The summed E-state index contributed by atoms with van der Waals surface area (Å²) in [6, 6.07) is 13.0. The van der Waals surface area contributed by atoms with E-state index < -0.39 is 11.8 Å². The number of nitrogens with zero attached hydrogens (tertiary/aromatic N) is 6. The topological polar surface area (TPSA) is 117 Å². The van der Waals surface area contributed by atoms with E-state index >= 15 is 0 Å². The Balaban J connectivity index is 1.05. The molecule has 0 radical (unpaired) electrons. The van der Waals surface area contributed by atoms with E-state index in [2.05, 4.69) is 37.0 Å². The first kappa shape index (κ1) is 28.8. The average Bonchev–Trinajstić information content (AvgIpc) is 3.53. The SMILES string of the molecule is CCn1cncc1Cn1c(CN2C[C@@H]3[C@H](C2)[C@H]3c2cccc3c2O[C@](C)(c2ccc(Cl)cn2)O3)nc2c(OC)cc(C(=O)O)cc21. The molecule has 4 atom stereocenters. The lowest BCUT2D eigenvalue weighted by Crippen LogP contribution is -2.32. The molecule has 0 bridgehead atoms. The first-order valence-electron chi connectivity index (χ1n) is 15.4. The summed E-state index contributed by atoms with van der Waals surface area (Å²) in [7, 11) is 1.54. The van der Waals surface area contributed by atoms with Gasteiger partial charge in [0, 0.05) is 44.5 Å². The molecule has 1 saturated heterocycles. The summed E-state index contributed by atoms with van der Waals surface area (Å²) >= 11 is 6.07. The molecular formula is C34H33ClN6O5. The second-order valence-corrected chi connectivity index (χ2v) is 12.8. The number of piperidine rings is 1. The summed E-state index contributed by atoms with van der Waals surface area (Å²) in [6.07, 6.45) is 5.27. The number of pyridine rings is 1. The summed E-state index contributed by atoms with van der Waals surface area (Å²) in [5.74, 6) is 2.16. The number of para-hydroxylation sites is 1. The van der Waals surface area contributed by atoms with Crippen molar-refractivity contribution < 1.29 is 24.1 Å². The molecule has 1 saturated carbocycles. The maximum Gasteiger partial charge on any atom is 0.335 e. The largest absolute Gasteiger partial charge is 0.494 e. The number of aromatic carboxylic acids is 1. The fraction of sp³-hybridized carbons (Fsp3) is 0.353. The average molecular weight is 641 g/mol. The lowest BCUT2D eigenvalue weighted by Gasteiger charge is -2.23. The molecule has 11 nitrogen and oxygen atoms in total. The minimum absolute atomic E-state index is 0.163. The lowest BCUT2D eigenvalue weighted by atomic mass is 10.0. The van der Waals surface area contributed by atoms with Gasteiger partial charge in [-0.3, -0.25) is 9.88 Å². The number of hydrogen-bond acceptors (Lipinski definition) is 8. The number of fused-ring (bicyclic) bond motifs is 3. The van der Waals surface area contributed by atoms with Crippen LogP contribution in [0.4, 0.5) is 0 Å². The molecule has 236 valence electrons. The van der Waals surface area contributed by atoms with Crippen molar-refractivity contribution in [3.8, 4) is 17.2 Å². The van der Waals surface area contributed by atoms with Crippen LogP contribution in [-0.2, 0) is 25.4 Å². The molecule has 8 rings (SSSR count). The highest BCUT2D eigenvalue weighted by Crippen LogP contribution is 2.62. The van der Waals surface area contributed by atoms with Crippen LogP contribution in [0.5, 0.6) is 17.2 Å². The van der Waals surface area contributed by atoms with E-state index in [0.29, 0.717) is 52.8 Å². The van der Waals surface area contributed by atoms with Crippen LogP contribution >= 0.6 is 11.6 Å². The Morgan fingerprint density at radius 2 is 1.96 bits per heavy atom. The third kappa shape index (κ3) is 4.68. The Bertz CT molecular complexity index is 1980. The fourth-order valence-electron chi connectivity index (χ4n) is 7.31. The highest BCUT2D eigenvalue weighted by Gasteiger charge is 2.58. The zero-order valence-corrected chi connectivity index (χ0v) is 26.4. The Morgan fingerprint density at radius 3 is 2.67 bits per heavy atom. The van der Waals surface area contributed by atoms with Crippen LogP contribution in [0.2, 0.25) is 5.02 Å². The summed E-state index contributed by atoms with van der Waals surface area (Å²) < 4.78 is 22.6. The predicted octanol–water partition coefficient (Wildman–Crippen LogP) is 5.55. The fourth-order valence-corrected chi connectivity index (χ4v) is 7.42. The number of imidazole rings is 2. The zero-order valence-electron chi connectivity index (χ0n) is 25.7. The molecule has 1 N–H and O–H groups in total. The van der Waals surface area contributed by atoms with Crippen molar-refractivity contribution in [1.82, 2.24) is 29.0 Å². The molecule has 0 amide bonds. The van der Waals surface area contributed by atoms with E-state index in [-0.39, 0.29) is 5.56 Å². The number of likely N-dealkylation sites (tertiary alicyclic amines) is 1. The summed E-state index contributed by atoms with van der Waals surface area (Å²) in [5.41, 5.74) is 4.41. The van der Waals surface area contributed by atoms with E-state index in [1.165, 1.54) is 11.6 Å². The van der Waals surface area contributed by atoms with Crippen molar-refractivity contribution in [3.63, 3.8) is 0 Å². The minimum atomic E-state index is -1.02. The second-order valence-electron chi connectivity index (χ2n) is 12.4. The summed E-state index contributed by atoms with van der Waals surface area (Å²) in [4.78, 5) is 28.2. The van der Waals surface area contributed by atoms with Gasteiger partial charge >= 0.3 is 5.97 Å². The van der Waals surface area contributed by atoms with Crippen LogP contribution in [0, 0.1) is 11.8 Å². The third-order valence-electron chi connectivity index (χ3n) is 9.62. The van der Waals surface area contributed by atoms with E-state index in [4.69, 9.17) is 30.8 Å². The Hall–Kier alpha value is -4.61. The molecule has 1 aliphatic carbocycles. The molecule has 5 aromatic rings. The standard InChI is InChI=1S/C34H33ClN6O5/c1-4-40-18-36-13-21(40)14-41-25-10-19(33(42)43)11-27(44-3)31(25)38-29(41)17-39-15-23-24(16-39)30(23)22-6-5-7-26-32(22)46-34(2,45-26)28-9-8-20(35)12-37-28/h5-13,18,23-24,30H,4,14-17H2,1-3H3,(H,42,43)/t23-,24+,30+,34-/m1/s1. The van der Waals surface area contributed by atoms with Crippen molar-refractivity contribution in [2.45, 2.75) is 45.2 Å². The van der Waals surface area contributed by atoms with Gasteiger partial charge in [0.2, 0.25) is 0 Å². The molecule has 5 heterocycles. The molecule has 2 aromatic carbocycles. The summed E-state index contributed by atoms with van der Waals surface area (Å²) in [6.45, 7) is 7.73. The minimum Gasteiger partial charge on any atom is -0.494 e. The number of methoxy groups -OCH3 is 1. The predicted molar refractivity (Wildman–Crippen MR) is 170 cm³/mol. The smallest absolute Gasteiger partial charge is 0.335 e. The second kappa shape index (κ2) is 10.7. The molecule has 3 aromatic heterocycles. The highest BCUT2D eigenvalue weighted by atomic mass is 35.5. The van der Waals surface area contributed by atoms with Gasteiger partial charge in [0.05, 0.1) is 48.3 Å². The highest BCUT2D eigenvalue weighted by molar-refractivity contribution is 6.30. The Kier molecular flexibility index (Phi) is 6.73. The molecule has 2 fully saturated rings. The molecular weight excluding hydrogens is 608 g/mol. The van der Waals surface area contributed by atoms with Crippen LogP contribution in [0.25, 0.3) is 11.0 Å². The first-order valence-corrected chi connectivity index (χ1v) is 15.8. The number of carboxylic acids is 1. The quantitative estimate of drug-likeness (QED) is 0.221. The van der Waals surface area contributed by atoms with Crippen molar-refractivity contribution >= 4 is 28.6 Å². The first-order chi connectivity index (χ1) is 22.3. The van der Waals surface area contributed by atoms with Crippen molar-refractivity contribution in [3.05, 3.63) is 94.5 Å². The van der Waals surface area contributed by atoms with Crippen LogP contribution in [0.1, 0.15) is 52.9 Å².